The van der Waals surface area contributed by atoms with E-state index in [-0.39, 0.29) is 23.2 Å². The van der Waals surface area contributed by atoms with E-state index in [4.69, 9.17) is 14.2 Å². The fraction of sp³-hybridized carbons (Fsp3) is 0.447. The lowest BCUT2D eigenvalue weighted by Crippen LogP contribution is -2.12. The standard InChI is InChI=1S/C38H46F2O4/c1-4-6-8-10-11-12-14-26-42-36-25-21-32(28-35(36)40)38(41)44-33-22-18-30(19-23-33)16-17-31-20-24-37(34(39)27-31)43-29(3)15-13-9-7-5-2/h18-25,27-29H,4-15,26H2,1-3H3. The number of unbranched alkanes of at least 4 members (excludes halogenated alkanes) is 9. The Morgan fingerprint density at radius 1 is 0.705 bits per heavy atom. The van der Waals surface area contributed by atoms with Gasteiger partial charge in [0.1, 0.15) is 5.75 Å². The number of hydrogen-bond acceptors (Lipinski definition) is 4. The number of halogens is 2. The van der Waals surface area contributed by atoms with Gasteiger partial charge in [-0.2, -0.15) is 0 Å². The molecule has 0 spiro atoms. The summed E-state index contributed by atoms with van der Waals surface area (Å²) in [5.74, 6) is 4.90. The van der Waals surface area contributed by atoms with E-state index in [1.807, 2.05) is 6.92 Å². The van der Waals surface area contributed by atoms with Crippen LogP contribution < -0.4 is 14.2 Å². The molecule has 3 rings (SSSR count). The molecule has 3 aromatic rings. The van der Waals surface area contributed by atoms with E-state index in [1.54, 1.807) is 36.4 Å². The molecular formula is C38H46F2O4. The van der Waals surface area contributed by atoms with Gasteiger partial charge in [-0.05, 0) is 86.8 Å². The average molecular weight is 605 g/mol. The first kappa shape index (κ1) is 34.6. The van der Waals surface area contributed by atoms with Crippen molar-refractivity contribution in [1.82, 2.24) is 0 Å². The van der Waals surface area contributed by atoms with Gasteiger partial charge >= 0.3 is 5.97 Å². The molecule has 0 radical (unpaired) electrons. The van der Waals surface area contributed by atoms with Crippen LogP contribution in [0.1, 0.15) is 119 Å². The van der Waals surface area contributed by atoms with Crippen molar-refractivity contribution in [3.05, 3.63) is 89.0 Å². The molecule has 44 heavy (non-hydrogen) atoms. The topological polar surface area (TPSA) is 44.8 Å². The Labute approximate surface area is 262 Å². The summed E-state index contributed by atoms with van der Waals surface area (Å²) in [7, 11) is 0. The first-order valence-corrected chi connectivity index (χ1v) is 16.1. The summed E-state index contributed by atoms with van der Waals surface area (Å²) < 4.78 is 45.9. The number of hydrogen-bond donors (Lipinski definition) is 0. The second-order valence-electron chi connectivity index (χ2n) is 11.2. The van der Waals surface area contributed by atoms with Crippen molar-refractivity contribution >= 4 is 5.97 Å². The highest BCUT2D eigenvalue weighted by molar-refractivity contribution is 5.91. The molecule has 0 aliphatic carbocycles. The fourth-order valence-electron chi connectivity index (χ4n) is 4.71. The lowest BCUT2D eigenvalue weighted by Gasteiger charge is -2.15. The monoisotopic (exact) mass is 604 g/mol. The van der Waals surface area contributed by atoms with Crippen LogP contribution in [-0.2, 0) is 0 Å². The van der Waals surface area contributed by atoms with Gasteiger partial charge in [-0.15, -0.1) is 0 Å². The second-order valence-corrected chi connectivity index (χ2v) is 11.2. The molecule has 1 atom stereocenters. The van der Waals surface area contributed by atoms with Crippen molar-refractivity contribution in [2.75, 3.05) is 6.61 Å². The van der Waals surface area contributed by atoms with E-state index in [9.17, 15) is 13.6 Å². The molecule has 0 bridgehead atoms. The zero-order valence-electron chi connectivity index (χ0n) is 26.4. The van der Waals surface area contributed by atoms with Gasteiger partial charge in [-0.3, -0.25) is 0 Å². The zero-order chi connectivity index (χ0) is 31.6. The highest BCUT2D eigenvalue weighted by atomic mass is 19.1. The Kier molecular flexibility index (Phi) is 15.3. The molecule has 236 valence electrons. The minimum atomic E-state index is -0.672. The van der Waals surface area contributed by atoms with E-state index in [2.05, 4.69) is 25.7 Å². The third-order valence-corrected chi connectivity index (χ3v) is 7.31. The van der Waals surface area contributed by atoms with Crippen molar-refractivity contribution in [3.8, 4) is 29.1 Å². The Hall–Kier alpha value is -3.85. The summed E-state index contributed by atoms with van der Waals surface area (Å²) in [5.41, 5.74) is 1.28. The van der Waals surface area contributed by atoms with E-state index in [1.165, 1.54) is 56.7 Å². The van der Waals surface area contributed by atoms with Crippen LogP contribution in [0.15, 0.2) is 60.7 Å². The number of rotatable bonds is 18. The molecule has 0 saturated heterocycles. The molecular weight excluding hydrogens is 558 g/mol. The molecule has 0 aliphatic rings. The predicted molar refractivity (Wildman–Crippen MR) is 173 cm³/mol. The first-order valence-electron chi connectivity index (χ1n) is 16.1. The minimum Gasteiger partial charge on any atom is -0.491 e. The molecule has 0 aromatic heterocycles. The fourth-order valence-corrected chi connectivity index (χ4v) is 4.71. The molecule has 0 fully saturated rings. The zero-order valence-corrected chi connectivity index (χ0v) is 26.4. The lowest BCUT2D eigenvalue weighted by molar-refractivity contribution is 0.0734. The van der Waals surface area contributed by atoms with Gasteiger partial charge in [0.25, 0.3) is 0 Å². The molecule has 0 amide bonds. The van der Waals surface area contributed by atoms with Gasteiger partial charge in [0.2, 0.25) is 0 Å². The van der Waals surface area contributed by atoms with Crippen molar-refractivity contribution in [3.63, 3.8) is 0 Å². The summed E-state index contributed by atoms with van der Waals surface area (Å²) in [6.45, 7) is 6.77. The molecule has 4 nitrogen and oxygen atoms in total. The molecule has 6 heteroatoms. The van der Waals surface area contributed by atoms with Gasteiger partial charge < -0.3 is 14.2 Å². The maximum Gasteiger partial charge on any atom is 0.343 e. The highest BCUT2D eigenvalue weighted by Gasteiger charge is 2.13. The highest BCUT2D eigenvalue weighted by Crippen LogP contribution is 2.23. The van der Waals surface area contributed by atoms with Crippen LogP contribution in [0, 0.1) is 23.5 Å². The maximum absolute atomic E-state index is 14.6. The quantitative estimate of drug-likeness (QED) is 0.0627. The average Bonchev–Trinajstić information content (AvgIpc) is 3.02. The van der Waals surface area contributed by atoms with Crippen LogP contribution in [0.4, 0.5) is 8.78 Å². The van der Waals surface area contributed by atoms with E-state index in [0.717, 1.165) is 44.6 Å². The molecule has 0 heterocycles. The van der Waals surface area contributed by atoms with E-state index >= 15 is 0 Å². The van der Waals surface area contributed by atoms with Crippen LogP contribution in [0.25, 0.3) is 0 Å². The molecule has 3 aromatic carbocycles. The summed E-state index contributed by atoms with van der Waals surface area (Å²) >= 11 is 0. The van der Waals surface area contributed by atoms with E-state index < -0.39 is 17.6 Å². The van der Waals surface area contributed by atoms with Crippen LogP contribution in [0.5, 0.6) is 17.2 Å². The van der Waals surface area contributed by atoms with Gasteiger partial charge in [0.15, 0.2) is 23.1 Å². The third-order valence-electron chi connectivity index (χ3n) is 7.31. The van der Waals surface area contributed by atoms with Crippen LogP contribution in [0.2, 0.25) is 0 Å². The van der Waals surface area contributed by atoms with Crippen LogP contribution >= 0.6 is 0 Å². The first-order chi connectivity index (χ1) is 21.4. The maximum atomic E-state index is 14.6. The summed E-state index contributed by atoms with van der Waals surface area (Å²) in [6, 6.07) is 15.4. The molecule has 0 aliphatic heterocycles. The van der Waals surface area contributed by atoms with Crippen molar-refractivity contribution in [2.45, 2.75) is 104 Å². The normalized spacial score (nSPS) is 11.4. The lowest BCUT2D eigenvalue weighted by atomic mass is 10.1. The molecule has 0 N–H and O–H groups in total. The summed E-state index contributed by atoms with van der Waals surface area (Å²) in [5, 5.41) is 0. The van der Waals surface area contributed by atoms with Crippen molar-refractivity contribution in [1.29, 1.82) is 0 Å². The second kappa shape index (κ2) is 19.4. The number of esters is 1. The van der Waals surface area contributed by atoms with Gasteiger partial charge in [-0.25, -0.2) is 13.6 Å². The van der Waals surface area contributed by atoms with Gasteiger partial charge in [0.05, 0.1) is 18.3 Å². The Morgan fingerprint density at radius 3 is 1.98 bits per heavy atom. The SMILES string of the molecule is CCCCCCCCCOc1ccc(C(=O)Oc2ccc(C#Cc3ccc(OC(C)CCCCCC)c(F)c3)cc2)cc1F. The van der Waals surface area contributed by atoms with Gasteiger partial charge in [0, 0.05) is 11.1 Å². The Bertz CT molecular complexity index is 1360. The van der Waals surface area contributed by atoms with Crippen LogP contribution in [-0.4, -0.2) is 18.7 Å². The van der Waals surface area contributed by atoms with E-state index in [0.29, 0.717) is 23.5 Å². The molecule has 0 saturated carbocycles. The van der Waals surface area contributed by atoms with Crippen molar-refractivity contribution < 1.29 is 27.8 Å². The Balaban J connectivity index is 1.46. The summed E-state index contributed by atoms with van der Waals surface area (Å²) in [6.07, 6.45) is 13.5. The van der Waals surface area contributed by atoms with Crippen molar-refractivity contribution in [2.24, 2.45) is 0 Å². The predicted octanol–water partition coefficient (Wildman–Crippen LogP) is 10.5. The number of carbonyl (C=O) groups is 1. The summed E-state index contributed by atoms with van der Waals surface area (Å²) in [4.78, 5) is 12.6. The Morgan fingerprint density at radius 2 is 1.30 bits per heavy atom. The number of ether oxygens (including phenoxy) is 3. The third kappa shape index (κ3) is 12.4. The minimum absolute atomic E-state index is 0.0529. The smallest absolute Gasteiger partial charge is 0.343 e. The number of carbonyl (C=O) groups excluding carboxylic acids is 1. The molecule has 1 unspecified atom stereocenters. The van der Waals surface area contributed by atoms with Gasteiger partial charge in [-0.1, -0.05) is 83.5 Å². The number of benzene rings is 3. The largest absolute Gasteiger partial charge is 0.491 e. The van der Waals surface area contributed by atoms with Crippen LogP contribution in [0.3, 0.4) is 0 Å².